The van der Waals surface area contributed by atoms with Crippen LogP contribution in [0.4, 0.5) is 5.82 Å². The van der Waals surface area contributed by atoms with Gasteiger partial charge in [0.25, 0.3) is 0 Å². The third-order valence-electron chi connectivity index (χ3n) is 2.87. The maximum Gasteiger partial charge on any atom is 0.244 e. The lowest BCUT2D eigenvalue weighted by atomic mass is 10.4. The molecule has 5 nitrogen and oxygen atoms in total. The molecule has 0 aromatic carbocycles. The predicted octanol–water partition coefficient (Wildman–Crippen LogP) is 2.54. The van der Waals surface area contributed by atoms with E-state index in [2.05, 4.69) is 10.3 Å². The van der Waals surface area contributed by atoms with Gasteiger partial charge >= 0.3 is 0 Å². The van der Waals surface area contributed by atoms with Crippen molar-refractivity contribution in [2.45, 2.75) is 24.8 Å². The van der Waals surface area contributed by atoms with Gasteiger partial charge in [0, 0.05) is 31.6 Å². The Morgan fingerprint density at radius 3 is 2.70 bits per heavy atom. The molecule has 1 atom stereocenters. The van der Waals surface area contributed by atoms with Gasteiger partial charge in [-0.3, -0.25) is 0 Å². The van der Waals surface area contributed by atoms with Crippen molar-refractivity contribution >= 4 is 39.2 Å². The van der Waals surface area contributed by atoms with Gasteiger partial charge < -0.3 is 5.32 Å². The van der Waals surface area contributed by atoms with Crippen LogP contribution in [0.1, 0.15) is 13.8 Å². The predicted molar refractivity (Wildman–Crippen MR) is 86.2 cm³/mol. The maximum atomic E-state index is 12.5. The zero-order valence-electron chi connectivity index (χ0n) is 12.1. The van der Waals surface area contributed by atoms with Crippen LogP contribution in [0.2, 0.25) is 5.02 Å². The van der Waals surface area contributed by atoms with Crippen LogP contribution in [0, 0.1) is 0 Å². The van der Waals surface area contributed by atoms with Gasteiger partial charge in [-0.15, -0.1) is 0 Å². The molecule has 0 radical (unpaired) electrons. The highest BCUT2D eigenvalue weighted by molar-refractivity contribution is 7.98. The second-order valence-electron chi connectivity index (χ2n) is 4.36. The van der Waals surface area contributed by atoms with E-state index in [1.54, 1.807) is 18.8 Å². The molecule has 114 valence electrons. The number of nitrogens with one attached hydrogen (secondary N) is 1. The molecule has 1 unspecified atom stereocenters. The van der Waals surface area contributed by atoms with E-state index in [4.69, 9.17) is 11.6 Å². The van der Waals surface area contributed by atoms with E-state index < -0.39 is 10.0 Å². The summed E-state index contributed by atoms with van der Waals surface area (Å²) >= 11 is 7.65. The van der Waals surface area contributed by atoms with Crippen LogP contribution in [0.25, 0.3) is 0 Å². The van der Waals surface area contributed by atoms with Gasteiger partial charge in [0.05, 0.1) is 5.02 Å². The van der Waals surface area contributed by atoms with E-state index in [0.29, 0.717) is 17.4 Å². The second kappa shape index (κ2) is 7.49. The van der Waals surface area contributed by atoms with Crippen molar-refractivity contribution in [3.05, 3.63) is 17.3 Å². The Bertz CT molecular complexity index is 552. The fraction of sp³-hybridized carbons (Fsp3) is 0.583. The number of anilines is 1. The Morgan fingerprint density at radius 1 is 1.55 bits per heavy atom. The van der Waals surface area contributed by atoms with Crippen molar-refractivity contribution in [1.29, 1.82) is 0 Å². The minimum absolute atomic E-state index is 0.0952. The fourth-order valence-electron chi connectivity index (χ4n) is 1.61. The van der Waals surface area contributed by atoms with Crippen molar-refractivity contribution in [3.8, 4) is 0 Å². The number of hydrogen-bond acceptors (Lipinski definition) is 5. The van der Waals surface area contributed by atoms with Crippen molar-refractivity contribution in [3.63, 3.8) is 0 Å². The van der Waals surface area contributed by atoms with Crippen LogP contribution >= 0.6 is 23.4 Å². The summed E-state index contributed by atoms with van der Waals surface area (Å²) in [6, 6.07) is 1.34. The summed E-state index contributed by atoms with van der Waals surface area (Å²) in [6.07, 6.45) is 3.28. The van der Waals surface area contributed by atoms with Crippen molar-refractivity contribution < 1.29 is 8.42 Å². The Kier molecular flexibility index (Phi) is 6.57. The van der Waals surface area contributed by atoms with E-state index >= 15 is 0 Å². The standard InChI is InChI=1S/C12H20ClN3O2S2/c1-5-14-12-11(13)6-10(7-15-12)20(17,18)16(3)9(2)8-19-4/h6-7,9H,5,8H2,1-4H3,(H,14,15). The molecule has 1 aromatic rings. The molecule has 0 bridgehead atoms. The van der Waals surface area contributed by atoms with Crippen LogP contribution in [-0.4, -0.2) is 49.3 Å². The lowest BCUT2D eigenvalue weighted by Crippen LogP contribution is -2.36. The molecular formula is C12H20ClN3O2S2. The number of aromatic nitrogens is 1. The first kappa shape index (κ1) is 17.6. The zero-order chi connectivity index (χ0) is 15.3. The average Bonchev–Trinajstić information content (AvgIpc) is 2.40. The third kappa shape index (κ3) is 4.00. The largest absolute Gasteiger partial charge is 0.369 e. The molecule has 0 saturated carbocycles. The van der Waals surface area contributed by atoms with E-state index in [1.165, 1.54) is 16.6 Å². The van der Waals surface area contributed by atoms with Crippen molar-refractivity contribution in [2.75, 3.05) is 30.9 Å². The van der Waals surface area contributed by atoms with Crippen LogP contribution < -0.4 is 5.32 Å². The van der Waals surface area contributed by atoms with Crippen molar-refractivity contribution in [1.82, 2.24) is 9.29 Å². The van der Waals surface area contributed by atoms with Crippen LogP contribution in [0.3, 0.4) is 0 Å². The summed E-state index contributed by atoms with van der Waals surface area (Å²) in [4.78, 5) is 4.18. The minimum atomic E-state index is -3.57. The van der Waals surface area contributed by atoms with Crippen LogP contribution in [0.5, 0.6) is 0 Å². The number of sulfonamides is 1. The molecule has 20 heavy (non-hydrogen) atoms. The number of pyridine rings is 1. The molecule has 0 aliphatic rings. The molecule has 0 fully saturated rings. The highest BCUT2D eigenvalue weighted by Crippen LogP contribution is 2.25. The quantitative estimate of drug-likeness (QED) is 0.828. The smallest absolute Gasteiger partial charge is 0.244 e. The van der Waals surface area contributed by atoms with Gasteiger partial charge in [-0.2, -0.15) is 16.1 Å². The average molecular weight is 338 g/mol. The highest BCUT2D eigenvalue weighted by Gasteiger charge is 2.26. The molecular weight excluding hydrogens is 318 g/mol. The first-order valence-corrected chi connectivity index (χ1v) is 9.42. The summed E-state index contributed by atoms with van der Waals surface area (Å²) in [5.74, 6) is 1.22. The van der Waals surface area contributed by atoms with Crippen LogP contribution in [-0.2, 0) is 10.0 Å². The molecule has 0 spiro atoms. The molecule has 1 N–H and O–H groups in total. The van der Waals surface area contributed by atoms with Gasteiger partial charge in [0.1, 0.15) is 10.7 Å². The second-order valence-corrected chi connectivity index (χ2v) is 7.67. The lowest BCUT2D eigenvalue weighted by molar-refractivity contribution is 0.415. The third-order valence-corrected chi connectivity index (χ3v) is 5.91. The van der Waals surface area contributed by atoms with E-state index in [1.807, 2.05) is 20.1 Å². The number of nitrogens with zero attached hydrogens (tertiary/aromatic N) is 2. The van der Waals surface area contributed by atoms with Gasteiger partial charge in [-0.25, -0.2) is 13.4 Å². The molecule has 1 rings (SSSR count). The van der Waals surface area contributed by atoms with E-state index in [0.717, 1.165) is 5.75 Å². The Hall–Kier alpha value is -0.500. The minimum Gasteiger partial charge on any atom is -0.369 e. The lowest BCUT2D eigenvalue weighted by Gasteiger charge is -2.23. The Morgan fingerprint density at radius 2 is 2.20 bits per heavy atom. The summed E-state index contributed by atoms with van der Waals surface area (Å²) in [6.45, 7) is 4.46. The number of halogens is 1. The summed E-state index contributed by atoms with van der Waals surface area (Å²) in [5, 5.41) is 3.28. The van der Waals surface area contributed by atoms with Gasteiger partial charge in [0.2, 0.25) is 10.0 Å². The molecule has 8 heteroatoms. The van der Waals surface area contributed by atoms with E-state index in [9.17, 15) is 8.42 Å². The fourth-order valence-corrected chi connectivity index (χ4v) is 4.04. The topological polar surface area (TPSA) is 62.3 Å². The molecule has 0 aliphatic carbocycles. The van der Waals surface area contributed by atoms with Crippen LogP contribution in [0.15, 0.2) is 17.2 Å². The molecule has 0 aliphatic heterocycles. The number of thioether (sulfide) groups is 1. The Labute approximate surface area is 130 Å². The van der Waals surface area contributed by atoms with Gasteiger partial charge in [-0.1, -0.05) is 11.6 Å². The number of hydrogen-bond donors (Lipinski definition) is 1. The first-order valence-electron chi connectivity index (χ1n) is 6.21. The SMILES string of the molecule is CCNc1ncc(S(=O)(=O)N(C)C(C)CSC)cc1Cl. The highest BCUT2D eigenvalue weighted by atomic mass is 35.5. The molecule has 0 amide bonds. The summed E-state index contributed by atoms with van der Waals surface area (Å²) in [5.41, 5.74) is 0. The molecule has 1 heterocycles. The summed E-state index contributed by atoms with van der Waals surface area (Å²) < 4.78 is 26.3. The Balaban J connectivity index is 3.07. The first-order chi connectivity index (χ1) is 9.34. The molecule has 0 saturated heterocycles. The molecule has 1 aromatic heterocycles. The monoisotopic (exact) mass is 337 g/mol. The van der Waals surface area contributed by atoms with Gasteiger partial charge in [0.15, 0.2) is 0 Å². The van der Waals surface area contributed by atoms with Gasteiger partial charge in [-0.05, 0) is 26.2 Å². The van der Waals surface area contributed by atoms with Crippen molar-refractivity contribution in [2.24, 2.45) is 0 Å². The number of rotatable bonds is 7. The maximum absolute atomic E-state index is 12.5. The normalized spacial score (nSPS) is 13.5. The summed E-state index contributed by atoms with van der Waals surface area (Å²) in [7, 11) is -2.00. The zero-order valence-corrected chi connectivity index (χ0v) is 14.4. The van der Waals surface area contributed by atoms with E-state index in [-0.39, 0.29) is 10.9 Å².